The Labute approximate surface area is 108 Å². The maximum absolute atomic E-state index is 4.13. The Kier molecular flexibility index (Phi) is 8.57. The molecule has 17 heavy (non-hydrogen) atoms. The predicted molar refractivity (Wildman–Crippen MR) is 79.0 cm³/mol. The summed E-state index contributed by atoms with van der Waals surface area (Å²) in [6, 6.07) is 0. The molecule has 0 rings (SSSR count). The third kappa shape index (κ3) is 8.79. The average molecular weight is 235 g/mol. The van der Waals surface area contributed by atoms with E-state index in [0.717, 1.165) is 17.9 Å². The molecule has 0 aliphatic carbocycles. The van der Waals surface area contributed by atoms with Crippen LogP contribution in [0.3, 0.4) is 0 Å². The molecule has 0 aromatic carbocycles. The molecule has 0 bridgehead atoms. The van der Waals surface area contributed by atoms with E-state index in [2.05, 4.69) is 27.0 Å². The van der Waals surface area contributed by atoms with Crippen molar-refractivity contribution >= 4 is 0 Å². The number of allylic oxidation sites excluding steroid dienone is 3. The summed E-state index contributed by atoms with van der Waals surface area (Å²) in [5, 5.41) is 0. The molecule has 0 heterocycles. The second-order valence-electron chi connectivity index (χ2n) is 5.21. The molecule has 98 valence electrons. The predicted octanol–water partition coefficient (Wildman–Crippen LogP) is 4.78. The number of unbranched alkanes of at least 4 members (excludes halogenated alkanes) is 2. The van der Waals surface area contributed by atoms with Crippen molar-refractivity contribution in [3.05, 3.63) is 36.6 Å². The molecule has 0 aromatic heterocycles. The van der Waals surface area contributed by atoms with Gasteiger partial charge in [0.2, 0.25) is 0 Å². The molecule has 1 atom stereocenters. The first-order valence-electron chi connectivity index (χ1n) is 6.69. The van der Waals surface area contributed by atoms with E-state index in [-0.39, 0.29) is 0 Å². The summed E-state index contributed by atoms with van der Waals surface area (Å²) in [7, 11) is 4.03. The zero-order valence-corrected chi connectivity index (χ0v) is 12.1. The molecular weight excluding hydrogens is 206 g/mol. The van der Waals surface area contributed by atoms with E-state index in [1.807, 2.05) is 31.3 Å². The van der Waals surface area contributed by atoms with Gasteiger partial charge >= 0.3 is 0 Å². The Morgan fingerprint density at radius 1 is 1.24 bits per heavy atom. The smallest absolute Gasteiger partial charge is 0.00556 e. The van der Waals surface area contributed by atoms with Gasteiger partial charge in [-0.2, -0.15) is 0 Å². The van der Waals surface area contributed by atoms with E-state index in [9.17, 15) is 0 Å². The number of nitrogens with zero attached hydrogens (tertiary/aromatic N) is 1. The maximum atomic E-state index is 4.13. The standard InChI is InChI=1S/C16H29N/c1-7-8-9-10-14(2)13-16(4)15(3)11-12-17(5)6/h11-12,14H,3-4,7-10,13H2,1-2,5-6H3/b12-11-/t14-/m0/s1. The van der Waals surface area contributed by atoms with Gasteiger partial charge in [0.05, 0.1) is 0 Å². The van der Waals surface area contributed by atoms with Gasteiger partial charge in [0.15, 0.2) is 0 Å². The molecular formula is C16H29N. The molecule has 1 heteroatoms. The van der Waals surface area contributed by atoms with Crippen molar-refractivity contribution in [2.45, 2.75) is 46.0 Å². The van der Waals surface area contributed by atoms with Crippen molar-refractivity contribution in [2.24, 2.45) is 5.92 Å². The lowest BCUT2D eigenvalue weighted by molar-refractivity contribution is 0.494. The van der Waals surface area contributed by atoms with Crippen LogP contribution in [0.25, 0.3) is 0 Å². The van der Waals surface area contributed by atoms with Crippen molar-refractivity contribution in [1.29, 1.82) is 0 Å². The van der Waals surface area contributed by atoms with Gasteiger partial charge in [-0.05, 0) is 35.8 Å². The minimum atomic E-state index is 0.721. The molecule has 0 amide bonds. The maximum Gasteiger partial charge on any atom is 0.00556 e. The Morgan fingerprint density at radius 2 is 1.88 bits per heavy atom. The molecule has 0 saturated carbocycles. The third-order valence-corrected chi connectivity index (χ3v) is 2.92. The van der Waals surface area contributed by atoms with Gasteiger partial charge in [0.25, 0.3) is 0 Å². The SMILES string of the molecule is C=C(/C=C\N(C)C)C(=C)C[C@@H](C)CCCCC. The quantitative estimate of drug-likeness (QED) is 0.410. The normalized spacial score (nSPS) is 12.7. The highest BCUT2D eigenvalue weighted by molar-refractivity contribution is 5.35. The van der Waals surface area contributed by atoms with Gasteiger partial charge in [-0.3, -0.25) is 0 Å². The van der Waals surface area contributed by atoms with Crippen LogP contribution >= 0.6 is 0 Å². The zero-order chi connectivity index (χ0) is 13.3. The molecule has 0 radical (unpaired) electrons. The van der Waals surface area contributed by atoms with Gasteiger partial charge in [0.1, 0.15) is 0 Å². The summed E-state index contributed by atoms with van der Waals surface area (Å²) in [5.74, 6) is 0.721. The van der Waals surface area contributed by atoms with Crippen molar-refractivity contribution in [3.8, 4) is 0 Å². The van der Waals surface area contributed by atoms with Crippen LogP contribution in [0.2, 0.25) is 0 Å². The highest BCUT2D eigenvalue weighted by atomic mass is 15.0. The first kappa shape index (κ1) is 16.0. The fourth-order valence-corrected chi connectivity index (χ4v) is 1.75. The van der Waals surface area contributed by atoms with E-state index in [1.54, 1.807) is 0 Å². The molecule has 0 unspecified atom stereocenters. The van der Waals surface area contributed by atoms with Crippen LogP contribution in [0.5, 0.6) is 0 Å². The van der Waals surface area contributed by atoms with Crippen molar-refractivity contribution in [2.75, 3.05) is 14.1 Å². The van der Waals surface area contributed by atoms with Crippen molar-refractivity contribution in [3.63, 3.8) is 0 Å². The summed E-state index contributed by atoms with van der Waals surface area (Å²) in [6.07, 6.45) is 10.4. The largest absolute Gasteiger partial charge is 0.383 e. The molecule has 0 aromatic rings. The summed E-state index contributed by atoms with van der Waals surface area (Å²) in [4.78, 5) is 2.02. The summed E-state index contributed by atoms with van der Waals surface area (Å²) >= 11 is 0. The van der Waals surface area contributed by atoms with E-state index in [0.29, 0.717) is 0 Å². The number of rotatable bonds is 9. The van der Waals surface area contributed by atoms with E-state index in [1.165, 1.54) is 31.3 Å². The summed E-state index contributed by atoms with van der Waals surface area (Å²) in [6.45, 7) is 12.8. The minimum Gasteiger partial charge on any atom is -0.383 e. The van der Waals surface area contributed by atoms with Gasteiger partial charge < -0.3 is 4.90 Å². The topological polar surface area (TPSA) is 3.24 Å². The van der Waals surface area contributed by atoms with Gasteiger partial charge in [-0.15, -0.1) is 0 Å². The third-order valence-electron chi connectivity index (χ3n) is 2.92. The molecule has 0 N–H and O–H groups in total. The van der Waals surface area contributed by atoms with Crippen LogP contribution < -0.4 is 0 Å². The fourth-order valence-electron chi connectivity index (χ4n) is 1.75. The molecule has 1 nitrogen and oxygen atoms in total. The fraction of sp³-hybridized carbons (Fsp3) is 0.625. The second kappa shape index (κ2) is 9.09. The Balaban J connectivity index is 3.95. The highest BCUT2D eigenvalue weighted by Crippen LogP contribution is 2.21. The molecule has 0 aliphatic heterocycles. The van der Waals surface area contributed by atoms with E-state index >= 15 is 0 Å². The Bertz CT molecular complexity index is 261. The first-order valence-corrected chi connectivity index (χ1v) is 6.69. The van der Waals surface area contributed by atoms with Crippen LogP contribution in [-0.4, -0.2) is 19.0 Å². The second-order valence-corrected chi connectivity index (χ2v) is 5.21. The van der Waals surface area contributed by atoms with Crippen LogP contribution in [0.15, 0.2) is 36.6 Å². The lowest BCUT2D eigenvalue weighted by atomic mass is 9.93. The van der Waals surface area contributed by atoms with Crippen LogP contribution in [0, 0.1) is 5.92 Å². The van der Waals surface area contributed by atoms with Crippen LogP contribution in [-0.2, 0) is 0 Å². The summed E-state index contributed by atoms with van der Waals surface area (Å²) in [5.41, 5.74) is 2.23. The van der Waals surface area contributed by atoms with Gasteiger partial charge in [-0.25, -0.2) is 0 Å². The van der Waals surface area contributed by atoms with Gasteiger partial charge in [0, 0.05) is 14.1 Å². The van der Waals surface area contributed by atoms with E-state index in [4.69, 9.17) is 0 Å². The molecule has 0 saturated heterocycles. The first-order chi connectivity index (χ1) is 7.97. The van der Waals surface area contributed by atoms with E-state index < -0.39 is 0 Å². The van der Waals surface area contributed by atoms with Crippen molar-refractivity contribution in [1.82, 2.24) is 4.90 Å². The molecule has 0 spiro atoms. The lowest BCUT2D eigenvalue weighted by Crippen LogP contribution is -2.01. The Morgan fingerprint density at radius 3 is 2.41 bits per heavy atom. The Hall–Kier alpha value is -0.980. The molecule has 0 fully saturated rings. The molecule has 0 aliphatic rings. The van der Waals surface area contributed by atoms with Crippen LogP contribution in [0.1, 0.15) is 46.0 Å². The number of hydrogen-bond acceptors (Lipinski definition) is 1. The minimum absolute atomic E-state index is 0.721. The zero-order valence-electron chi connectivity index (χ0n) is 12.1. The van der Waals surface area contributed by atoms with Crippen LogP contribution in [0.4, 0.5) is 0 Å². The lowest BCUT2D eigenvalue weighted by Gasteiger charge is -2.13. The summed E-state index contributed by atoms with van der Waals surface area (Å²) < 4.78 is 0. The average Bonchev–Trinajstić information content (AvgIpc) is 2.26. The monoisotopic (exact) mass is 235 g/mol. The van der Waals surface area contributed by atoms with Gasteiger partial charge in [-0.1, -0.05) is 52.7 Å². The number of hydrogen-bond donors (Lipinski definition) is 0. The highest BCUT2D eigenvalue weighted by Gasteiger charge is 2.05. The van der Waals surface area contributed by atoms with Crippen molar-refractivity contribution < 1.29 is 0 Å².